The van der Waals surface area contributed by atoms with Crippen LogP contribution in [0, 0.1) is 10.1 Å². The van der Waals surface area contributed by atoms with E-state index in [1.54, 1.807) is 11.9 Å². The van der Waals surface area contributed by atoms with Crippen molar-refractivity contribution in [3.8, 4) is 0 Å². The topological polar surface area (TPSA) is 119 Å². The SMILES string of the molecule is CN(Cc1nc2ccccc2s1)c1ccc([N+](=O)[O-])cc1S(N)(=O)=O. The van der Waals surface area contributed by atoms with Gasteiger partial charge in [0.05, 0.1) is 27.4 Å². The van der Waals surface area contributed by atoms with Crippen molar-refractivity contribution < 1.29 is 13.3 Å². The van der Waals surface area contributed by atoms with E-state index in [1.165, 1.54) is 23.5 Å². The lowest BCUT2D eigenvalue weighted by Crippen LogP contribution is -2.22. The van der Waals surface area contributed by atoms with Gasteiger partial charge in [0.1, 0.15) is 9.90 Å². The quantitative estimate of drug-likeness (QED) is 0.538. The van der Waals surface area contributed by atoms with E-state index in [9.17, 15) is 18.5 Å². The minimum absolute atomic E-state index is 0.285. The van der Waals surface area contributed by atoms with Gasteiger partial charge in [0, 0.05) is 19.2 Å². The van der Waals surface area contributed by atoms with Crippen LogP contribution in [0.15, 0.2) is 47.4 Å². The molecular formula is C15H14N4O4S2. The average Bonchev–Trinajstić information content (AvgIpc) is 2.95. The van der Waals surface area contributed by atoms with Crippen LogP contribution in [-0.2, 0) is 16.6 Å². The molecule has 0 saturated carbocycles. The number of nitro groups is 1. The molecule has 2 N–H and O–H groups in total. The van der Waals surface area contributed by atoms with Crippen LogP contribution in [0.1, 0.15) is 5.01 Å². The van der Waals surface area contributed by atoms with Crippen LogP contribution in [0.25, 0.3) is 10.2 Å². The Balaban J connectivity index is 1.98. The van der Waals surface area contributed by atoms with Crippen molar-refractivity contribution in [1.29, 1.82) is 0 Å². The van der Waals surface area contributed by atoms with E-state index in [-0.39, 0.29) is 16.3 Å². The second-order valence-corrected chi connectivity index (χ2v) is 8.03. The number of primary sulfonamides is 1. The molecule has 10 heteroatoms. The zero-order valence-electron chi connectivity index (χ0n) is 13.1. The molecule has 0 aliphatic carbocycles. The highest BCUT2D eigenvalue weighted by Gasteiger charge is 2.21. The van der Waals surface area contributed by atoms with Crippen LogP contribution in [0.3, 0.4) is 0 Å². The van der Waals surface area contributed by atoms with Crippen LogP contribution < -0.4 is 10.0 Å². The van der Waals surface area contributed by atoms with Crippen LogP contribution >= 0.6 is 11.3 Å². The molecule has 0 saturated heterocycles. The van der Waals surface area contributed by atoms with Crippen molar-refractivity contribution >= 4 is 43.0 Å². The Labute approximate surface area is 147 Å². The summed E-state index contributed by atoms with van der Waals surface area (Å²) in [5, 5.41) is 16.9. The number of hydrogen-bond acceptors (Lipinski definition) is 7. The summed E-state index contributed by atoms with van der Waals surface area (Å²) < 4.78 is 24.7. The maximum absolute atomic E-state index is 11.8. The number of sulfonamides is 1. The maximum atomic E-state index is 11.8. The summed E-state index contributed by atoms with van der Waals surface area (Å²) in [6.45, 7) is 0.347. The molecule has 3 aromatic rings. The van der Waals surface area contributed by atoms with Gasteiger partial charge < -0.3 is 4.90 Å². The van der Waals surface area contributed by atoms with Gasteiger partial charge in [0.2, 0.25) is 10.0 Å². The van der Waals surface area contributed by atoms with E-state index in [4.69, 9.17) is 5.14 Å². The highest BCUT2D eigenvalue weighted by molar-refractivity contribution is 7.89. The first-order chi connectivity index (χ1) is 11.8. The summed E-state index contributed by atoms with van der Waals surface area (Å²) in [5.41, 5.74) is 0.819. The third kappa shape index (κ3) is 3.60. The van der Waals surface area contributed by atoms with E-state index < -0.39 is 14.9 Å². The van der Waals surface area contributed by atoms with Crippen LogP contribution in [0.2, 0.25) is 0 Å². The van der Waals surface area contributed by atoms with Crippen LogP contribution in [0.4, 0.5) is 11.4 Å². The number of rotatable bonds is 5. The number of nitrogens with zero attached hydrogens (tertiary/aromatic N) is 3. The van der Waals surface area contributed by atoms with Gasteiger partial charge >= 0.3 is 0 Å². The molecule has 0 radical (unpaired) electrons. The fourth-order valence-electron chi connectivity index (χ4n) is 2.44. The first kappa shape index (κ1) is 17.3. The standard InChI is InChI=1S/C15H14N4O4S2/c1-18(9-15-17-11-4-2-3-5-13(11)24-15)12-7-6-10(19(20)21)8-14(12)25(16,22)23/h2-8H,9H2,1H3,(H2,16,22,23). The Hall–Kier alpha value is -2.56. The summed E-state index contributed by atoms with van der Waals surface area (Å²) in [7, 11) is -2.43. The van der Waals surface area contributed by atoms with Crippen molar-refractivity contribution in [2.24, 2.45) is 5.14 Å². The Kier molecular flexibility index (Phi) is 4.41. The summed E-state index contributed by atoms with van der Waals surface area (Å²) in [5.74, 6) is 0. The van der Waals surface area contributed by atoms with Gasteiger partial charge in [-0.25, -0.2) is 18.5 Å². The first-order valence-electron chi connectivity index (χ1n) is 7.12. The predicted molar refractivity (Wildman–Crippen MR) is 96.2 cm³/mol. The molecule has 0 aliphatic heterocycles. The summed E-state index contributed by atoms with van der Waals surface area (Å²) in [6.07, 6.45) is 0. The third-order valence-corrected chi connectivity index (χ3v) is 5.54. The molecule has 0 atom stereocenters. The molecule has 0 spiro atoms. The zero-order chi connectivity index (χ0) is 18.2. The van der Waals surface area contributed by atoms with Gasteiger partial charge in [0.15, 0.2) is 0 Å². The van der Waals surface area contributed by atoms with Crippen LogP contribution in [0.5, 0.6) is 0 Å². The Morgan fingerprint density at radius 1 is 1.28 bits per heavy atom. The number of anilines is 1. The lowest BCUT2D eigenvalue weighted by molar-refractivity contribution is -0.385. The Morgan fingerprint density at radius 3 is 2.64 bits per heavy atom. The molecule has 1 aromatic heterocycles. The number of non-ortho nitro benzene ring substituents is 1. The largest absolute Gasteiger partial charge is 0.367 e. The normalized spacial score (nSPS) is 11.6. The number of aromatic nitrogens is 1. The number of nitro benzene ring substituents is 1. The molecule has 3 rings (SSSR count). The molecule has 1 heterocycles. The van der Waals surface area contributed by atoms with E-state index in [0.717, 1.165) is 21.3 Å². The van der Waals surface area contributed by atoms with Crippen molar-refractivity contribution in [1.82, 2.24) is 4.98 Å². The summed E-state index contributed by atoms with van der Waals surface area (Å²) >= 11 is 1.50. The van der Waals surface area contributed by atoms with Gasteiger partial charge in [-0.05, 0) is 18.2 Å². The van der Waals surface area contributed by atoms with Gasteiger partial charge in [-0.3, -0.25) is 10.1 Å². The minimum atomic E-state index is -4.11. The van der Waals surface area contributed by atoms with Gasteiger partial charge in [-0.2, -0.15) is 0 Å². The molecule has 2 aromatic carbocycles. The molecule has 0 aliphatic rings. The number of fused-ring (bicyclic) bond motifs is 1. The molecule has 8 nitrogen and oxygen atoms in total. The van der Waals surface area contributed by atoms with Gasteiger partial charge in [-0.15, -0.1) is 11.3 Å². The van der Waals surface area contributed by atoms with E-state index in [0.29, 0.717) is 6.54 Å². The molecule has 130 valence electrons. The first-order valence-corrected chi connectivity index (χ1v) is 9.49. The van der Waals surface area contributed by atoms with E-state index in [2.05, 4.69) is 4.98 Å². The van der Waals surface area contributed by atoms with E-state index >= 15 is 0 Å². The number of nitrogens with two attached hydrogens (primary N) is 1. The lowest BCUT2D eigenvalue weighted by atomic mass is 10.2. The molecule has 0 fully saturated rings. The molecule has 0 amide bonds. The third-order valence-electron chi connectivity index (χ3n) is 3.58. The minimum Gasteiger partial charge on any atom is -0.367 e. The van der Waals surface area contributed by atoms with E-state index in [1.807, 2.05) is 24.3 Å². The highest BCUT2D eigenvalue weighted by atomic mass is 32.2. The Bertz CT molecular complexity index is 1030. The van der Waals surface area contributed by atoms with Crippen molar-refractivity contribution in [2.75, 3.05) is 11.9 Å². The van der Waals surface area contributed by atoms with Gasteiger partial charge in [-0.1, -0.05) is 12.1 Å². The van der Waals surface area contributed by atoms with Crippen molar-refractivity contribution in [2.45, 2.75) is 11.4 Å². The predicted octanol–water partition coefficient (Wildman–Crippen LogP) is 2.49. The second-order valence-electron chi connectivity index (χ2n) is 5.39. The fourth-order valence-corrected chi connectivity index (χ4v) is 4.26. The fraction of sp³-hybridized carbons (Fsp3) is 0.133. The molecule has 25 heavy (non-hydrogen) atoms. The van der Waals surface area contributed by atoms with Gasteiger partial charge in [0.25, 0.3) is 5.69 Å². The number of para-hydroxylation sites is 1. The highest BCUT2D eigenvalue weighted by Crippen LogP contribution is 2.30. The number of benzene rings is 2. The van der Waals surface area contributed by atoms with Crippen molar-refractivity contribution in [3.63, 3.8) is 0 Å². The summed E-state index contributed by atoms with van der Waals surface area (Å²) in [4.78, 5) is 16.1. The monoisotopic (exact) mass is 378 g/mol. The molecular weight excluding hydrogens is 364 g/mol. The zero-order valence-corrected chi connectivity index (χ0v) is 14.8. The molecule has 0 unspecified atom stereocenters. The van der Waals surface area contributed by atoms with Crippen LogP contribution in [-0.4, -0.2) is 25.4 Å². The number of hydrogen-bond donors (Lipinski definition) is 1. The summed E-state index contributed by atoms with van der Waals surface area (Å²) in [6, 6.07) is 11.3. The Morgan fingerprint density at radius 2 is 2.00 bits per heavy atom. The van der Waals surface area contributed by atoms with Crippen molar-refractivity contribution in [3.05, 3.63) is 57.6 Å². The average molecular weight is 378 g/mol. The molecule has 0 bridgehead atoms. The lowest BCUT2D eigenvalue weighted by Gasteiger charge is -2.20. The second kappa shape index (κ2) is 6.39. The number of thiazole rings is 1. The maximum Gasteiger partial charge on any atom is 0.270 e. The smallest absolute Gasteiger partial charge is 0.270 e.